The van der Waals surface area contributed by atoms with Gasteiger partial charge in [-0.3, -0.25) is 4.79 Å². The molecule has 1 fully saturated rings. The first-order chi connectivity index (χ1) is 6.33. The van der Waals surface area contributed by atoms with Crippen LogP contribution >= 0.6 is 0 Å². The maximum absolute atomic E-state index is 11.3. The van der Waals surface area contributed by atoms with Crippen LogP contribution in [0.15, 0.2) is 0 Å². The molecule has 1 aliphatic heterocycles. The fourth-order valence-corrected chi connectivity index (χ4v) is 1.61. The molecule has 76 valence electrons. The normalized spacial score (nSPS) is 18.5. The van der Waals surface area contributed by atoms with Crippen molar-refractivity contribution < 1.29 is 15.0 Å². The van der Waals surface area contributed by atoms with Gasteiger partial charge in [0, 0.05) is 6.54 Å². The number of carbonyl (C=O) groups is 1. The van der Waals surface area contributed by atoms with Crippen molar-refractivity contribution in [2.45, 2.75) is 13.3 Å². The summed E-state index contributed by atoms with van der Waals surface area (Å²) in [7, 11) is 0. The number of amides is 1. The minimum absolute atomic E-state index is 0.207. The molecule has 0 aromatic heterocycles. The summed E-state index contributed by atoms with van der Waals surface area (Å²) in [6.07, 6.45) is 1.02. The Hall–Kier alpha value is -0.610. The molecule has 1 aliphatic rings. The van der Waals surface area contributed by atoms with Crippen LogP contribution in [0, 0.1) is 0 Å². The Morgan fingerprint density at radius 1 is 1.46 bits per heavy atom. The highest BCUT2D eigenvalue weighted by atomic mass is 16.2. The lowest BCUT2D eigenvalue weighted by Gasteiger charge is -2.21. The molecule has 1 saturated heterocycles. The molecule has 0 atom stereocenters. The fourth-order valence-electron chi connectivity index (χ4n) is 1.61. The molecule has 13 heavy (non-hydrogen) atoms. The molecule has 4 nitrogen and oxygen atoms in total. The van der Waals surface area contributed by atoms with Gasteiger partial charge in [-0.25, -0.2) is 0 Å². The van der Waals surface area contributed by atoms with Gasteiger partial charge < -0.3 is 15.5 Å². The van der Waals surface area contributed by atoms with E-state index in [0.717, 1.165) is 39.1 Å². The van der Waals surface area contributed by atoms with E-state index in [2.05, 4.69) is 17.6 Å². The lowest BCUT2D eigenvalue weighted by Crippen LogP contribution is -3.21. The van der Waals surface area contributed by atoms with E-state index in [1.807, 2.05) is 0 Å². The Labute approximate surface area is 79.7 Å². The summed E-state index contributed by atoms with van der Waals surface area (Å²) in [5.74, 6) is 0.207. The van der Waals surface area contributed by atoms with E-state index in [-0.39, 0.29) is 5.91 Å². The van der Waals surface area contributed by atoms with Crippen LogP contribution in [0.4, 0.5) is 0 Å². The Morgan fingerprint density at radius 2 is 2.15 bits per heavy atom. The van der Waals surface area contributed by atoms with Gasteiger partial charge in [-0.2, -0.15) is 0 Å². The molecule has 0 aromatic carbocycles. The van der Waals surface area contributed by atoms with Crippen LogP contribution in [0.2, 0.25) is 0 Å². The summed E-state index contributed by atoms with van der Waals surface area (Å²) >= 11 is 0. The Kier molecular flexibility index (Phi) is 4.78. The first-order valence-corrected chi connectivity index (χ1v) is 5.25. The summed E-state index contributed by atoms with van der Waals surface area (Å²) in [4.78, 5) is 12.8. The number of hydrogen-bond acceptors (Lipinski definition) is 1. The van der Waals surface area contributed by atoms with Gasteiger partial charge >= 0.3 is 0 Å². The van der Waals surface area contributed by atoms with Crippen molar-refractivity contribution in [1.29, 1.82) is 0 Å². The fraction of sp³-hybridized carbons (Fsp3) is 0.889. The molecule has 0 aliphatic carbocycles. The monoisotopic (exact) mass is 187 g/mol. The van der Waals surface area contributed by atoms with E-state index in [4.69, 9.17) is 0 Å². The number of nitrogens with two attached hydrogens (primary N) is 1. The largest absolute Gasteiger partial charge is 0.351 e. The Morgan fingerprint density at radius 3 is 2.77 bits per heavy atom. The van der Waals surface area contributed by atoms with Crippen molar-refractivity contribution in [2.24, 2.45) is 0 Å². The van der Waals surface area contributed by atoms with Gasteiger partial charge in [-0.05, 0) is 6.42 Å². The van der Waals surface area contributed by atoms with Gasteiger partial charge in [-0.1, -0.05) is 6.92 Å². The van der Waals surface area contributed by atoms with Crippen molar-refractivity contribution in [2.75, 3.05) is 39.3 Å². The van der Waals surface area contributed by atoms with E-state index < -0.39 is 0 Å². The molecule has 0 bridgehead atoms. The van der Waals surface area contributed by atoms with Crippen molar-refractivity contribution >= 4 is 5.91 Å². The van der Waals surface area contributed by atoms with E-state index in [0.29, 0.717) is 6.54 Å². The number of quaternary nitrogens is 2. The van der Waals surface area contributed by atoms with Crippen LogP contribution in [0.1, 0.15) is 13.3 Å². The van der Waals surface area contributed by atoms with Crippen LogP contribution in [-0.2, 0) is 4.79 Å². The van der Waals surface area contributed by atoms with Gasteiger partial charge in [0.05, 0.1) is 0 Å². The molecular weight excluding hydrogens is 166 g/mol. The summed E-state index contributed by atoms with van der Waals surface area (Å²) < 4.78 is 0. The van der Waals surface area contributed by atoms with Gasteiger partial charge in [0.25, 0.3) is 5.91 Å². The molecular formula is C9H21N3O+2. The Balaban J connectivity index is 2.11. The zero-order valence-corrected chi connectivity index (χ0v) is 8.44. The molecule has 1 amide bonds. The van der Waals surface area contributed by atoms with Crippen LogP contribution in [0.3, 0.4) is 0 Å². The van der Waals surface area contributed by atoms with E-state index in [9.17, 15) is 4.79 Å². The van der Waals surface area contributed by atoms with Gasteiger partial charge in [0.1, 0.15) is 26.2 Å². The molecule has 1 rings (SSSR count). The van der Waals surface area contributed by atoms with Crippen molar-refractivity contribution in [3.05, 3.63) is 0 Å². The highest BCUT2D eigenvalue weighted by Gasteiger charge is 2.18. The molecule has 4 heteroatoms. The summed E-state index contributed by atoms with van der Waals surface area (Å²) in [5, 5.41) is 5.22. The number of nitrogens with one attached hydrogen (secondary N) is 2. The SMILES string of the molecule is CCCNC(=O)C[NH+]1CC[NH2+]CC1. The number of carbonyl (C=O) groups excluding carboxylic acids is 1. The molecule has 0 unspecified atom stereocenters. The zero-order chi connectivity index (χ0) is 9.52. The summed E-state index contributed by atoms with van der Waals surface area (Å²) in [6, 6.07) is 0. The smallest absolute Gasteiger partial charge is 0.275 e. The maximum atomic E-state index is 11.3. The van der Waals surface area contributed by atoms with Crippen molar-refractivity contribution in [3.8, 4) is 0 Å². The maximum Gasteiger partial charge on any atom is 0.275 e. The summed E-state index contributed by atoms with van der Waals surface area (Å²) in [5.41, 5.74) is 0. The quantitative estimate of drug-likeness (QED) is 0.431. The first-order valence-electron chi connectivity index (χ1n) is 5.25. The molecule has 0 radical (unpaired) electrons. The van der Waals surface area contributed by atoms with Gasteiger partial charge in [-0.15, -0.1) is 0 Å². The third-order valence-electron chi connectivity index (χ3n) is 2.39. The predicted molar refractivity (Wildman–Crippen MR) is 50.5 cm³/mol. The standard InChI is InChI=1S/C9H19N3O/c1-2-3-11-9(13)8-12-6-4-10-5-7-12/h10H,2-8H2,1H3,(H,11,13)/p+2. The van der Waals surface area contributed by atoms with Crippen LogP contribution in [-0.4, -0.2) is 45.2 Å². The summed E-state index contributed by atoms with van der Waals surface area (Å²) in [6.45, 7) is 8.13. The minimum Gasteiger partial charge on any atom is -0.351 e. The van der Waals surface area contributed by atoms with Gasteiger partial charge in [0.2, 0.25) is 0 Å². The van der Waals surface area contributed by atoms with E-state index in [1.165, 1.54) is 4.90 Å². The van der Waals surface area contributed by atoms with E-state index >= 15 is 0 Å². The zero-order valence-electron chi connectivity index (χ0n) is 8.44. The second-order valence-electron chi connectivity index (χ2n) is 3.64. The third kappa shape index (κ3) is 4.24. The first kappa shape index (κ1) is 10.5. The van der Waals surface area contributed by atoms with Crippen LogP contribution < -0.4 is 15.5 Å². The average Bonchev–Trinajstić information content (AvgIpc) is 2.16. The number of hydrogen-bond donors (Lipinski definition) is 3. The second-order valence-corrected chi connectivity index (χ2v) is 3.64. The lowest BCUT2D eigenvalue weighted by atomic mass is 10.3. The minimum atomic E-state index is 0.207. The van der Waals surface area contributed by atoms with Crippen LogP contribution in [0.5, 0.6) is 0 Å². The second kappa shape index (κ2) is 5.94. The lowest BCUT2D eigenvalue weighted by molar-refractivity contribution is -0.940. The highest BCUT2D eigenvalue weighted by Crippen LogP contribution is 1.69. The molecule has 0 saturated carbocycles. The van der Waals surface area contributed by atoms with E-state index in [1.54, 1.807) is 0 Å². The highest BCUT2D eigenvalue weighted by molar-refractivity contribution is 5.76. The van der Waals surface area contributed by atoms with Gasteiger partial charge in [0.15, 0.2) is 6.54 Å². The van der Waals surface area contributed by atoms with Crippen molar-refractivity contribution in [1.82, 2.24) is 5.32 Å². The van der Waals surface area contributed by atoms with Crippen LogP contribution in [0.25, 0.3) is 0 Å². The number of piperazine rings is 1. The number of rotatable bonds is 4. The molecule has 0 aromatic rings. The molecule has 4 N–H and O–H groups in total. The topological polar surface area (TPSA) is 50.1 Å². The average molecular weight is 187 g/mol. The van der Waals surface area contributed by atoms with Crippen molar-refractivity contribution in [3.63, 3.8) is 0 Å². The molecule has 1 heterocycles. The third-order valence-corrected chi connectivity index (χ3v) is 2.39. The Bertz CT molecular complexity index is 155. The predicted octanol–water partition coefficient (Wildman–Crippen LogP) is -3.03. The molecule has 0 spiro atoms.